The van der Waals surface area contributed by atoms with Crippen molar-refractivity contribution in [2.24, 2.45) is 5.84 Å². The summed E-state index contributed by atoms with van der Waals surface area (Å²) in [5.74, 6) is 7.37. The summed E-state index contributed by atoms with van der Waals surface area (Å²) in [4.78, 5) is 1.37. The van der Waals surface area contributed by atoms with Crippen LogP contribution < -0.4 is 20.7 Å². The van der Waals surface area contributed by atoms with E-state index in [2.05, 4.69) is 22.9 Å². The van der Waals surface area contributed by atoms with Crippen LogP contribution in [0.1, 0.15) is 22.9 Å². The highest BCUT2D eigenvalue weighted by molar-refractivity contribution is 7.09. The lowest BCUT2D eigenvalue weighted by Gasteiger charge is -2.24. The smallest absolute Gasteiger partial charge is 0.166 e. The molecule has 0 bridgehead atoms. The molecule has 2 aromatic rings. The number of benzene rings is 1. The van der Waals surface area contributed by atoms with E-state index in [9.17, 15) is 0 Å². The van der Waals surface area contributed by atoms with Crippen molar-refractivity contribution in [3.05, 3.63) is 46.2 Å². The summed E-state index contributed by atoms with van der Waals surface area (Å²) in [6.07, 6.45) is 1.92. The number of hydrogen-bond donors (Lipinski definition) is 2. The largest absolute Gasteiger partial charge is 0.486 e. The molecule has 0 saturated heterocycles. The van der Waals surface area contributed by atoms with E-state index in [1.54, 1.807) is 11.3 Å². The van der Waals surface area contributed by atoms with E-state index in [4.69, 9.17) is 15.3 Å². The van der Waals surface area contributed by atoms with Crippen LogP contribution in [0.3, 0.4) is 0 Å². The average molecular weight is 290 g/mol. The van der Waals surface area contributed by atoms with E-state index >= 15 is 0 Å². The third-order valence-electron chi connectivity index (χ3n) is 3.43. The minimum absolute atomic E-state index is 0.0637. The van der Waals surface area contributed by atoms with Gasteiger partial charge in [-0.15, -0.1) is 11.3 Å². The fraction of sp³-hybridized carbons (Fsp3) is 0.333. The molecule has 4 nitrogen and oxygen atoms in total. The number of hydrogen-bond acceptors (Lipinski definition) is 5. The van der Waals surface area contributed by atoms with E-state index in [1.165, 1.54) is 4.88 Å². The summed E-state index contributed by atoms with van der Waals surface area (Å²) in [7, 11) is 0. The number of para-hydroxylation sites is 1. The first-order valence-electron chi connectivity index (χ1n) is 6.75. The predicted molar refractivity (Wildman–Crippen MR) is 80.1 cm³/mol. The lowest BCUT2D eigenvalue weighted by molar-refractivity contribution is 0.168. The maximum atomic E-state index is 5.76. The topological polar surface area (TPSA) is 56.5 Å². The van der Waals surface area contributed by atoms with Crippen LogP contribution in [0.15, 0.2) is 35.7 Å². The highest BCUT2D eigenvalue weighted by Crippen LogP contribution is 2.38. The van der Waals surface area contributed by atoms with Gasteiger partial charge < -0.3 is 9.47 Å². The van der Waals surface area contributed by atoms with E-state index in [0.717, 1.165) is 29.9 Å². The van der Waals surface area contributed by atoms with Crippen molar-refractivity contribution in [1.82, 2.24) is 5.43 Å². The van der Waals surface area contributed by atoms with Crippen molar-refractivity contribution in [3.63, 3.8) is 0 Å². The van der Waals surface area contributed by atoms with Crippen LogP contribution in [0.2, 0.25) is 0 Å². The lowest BCUT2D eigenvalue weighted by atomic mass is 10.0. The molecule has 1 aliphatic rings. The minimum Gasteiger partial charge on any atom is -0.486 e. The minimum atomic E-state index is 0.0637. The van der Waals surface area contributed by atoms with Crippen LogP contribution in [-0.2, 0) is 6.42 Å². The van der Waals surface area contributed by atoms with Gasteiger partial charge >= 0.3 is 0 Å². The Labute approximate surface area is 122 Å². The maximum Gasteiger partial charge on any atom is 0.166 e. The molecular weight excluding hydrogens is 272 g/mol. The Bertz CT molecular complexity index is 557. The molecule has 1 aromatic carbocycles. The molecule has 3 rings (SSSR count). The third-order valence-corrected chi connectivity index (χ3v) is 4.37. The molecule has 0 amide bonds. The monoisotopic (exact) mass is 290 g/mol. The third kappa shape index (κ3) is 2.80. The second kappa shape index (κ2) is 6.26. The first-order chi connectivity index (χ1) is 9.88. The van der Waals surface area contributed by atoms with E-state index in [-0.39, 0.29) is 6.04 Å². The number of thiophene rings is 1. The first-order valence-corrected chi connectivity index (χ1v) is 7.63. The Morgan fingerprint density at radius 1 is 1.20 bits per heavy atom. The molecule has 5 heteroatoms. The van der Waals surface area contributed by atoms with Gasteiger partial charge in [-0.05, 0) is 30.4 Å². The van der Waals surface area contributed by atoms with E-state index in [1.807, 2.05) is 18.2 Å². The Balaban J connectivity index is 1.78. The van der Waals surface area contributed by atoms with Crippen molar-refractivity contribution in [2.75, 3.05) is 13.2 Å². The Kier molecular flexibility index (Phi) is 4.20. The standard InChI is InChI=1S/C15H18N2O2S/c16-17-13(7-6-11-3-2-10-20-11)12-4-1-5-14-15(12)19-9-8-18-14/h1-5,10,13,17H,6-9,16H2. The summed E-state index contributed by atoms with van der Waals surface area (Å²) >= 11 is 1.77. The fourth-order valence-corrected chi connectivity index (χ4v) is 3.17. The van der Waals surface area contributed by atoms with Crippen LogP contribution in [0.4, 0.5) is 0 Å². The molecule has 0 fully saturated rings. The van der Waals surface area contributed by atoms with Crippen LogP contribution in [0.5, 0.6) is 11.5 Å². The van der Waals surface area contributed by atoms with Crippen LogP contribution in [0.25, 0.3) is 0 Å². The normalized spacial score (nSPS) is 15.1. The van der Waals surface area contributed by atoms with Gasteiger partial charge in [-0.25, -0.2) is 0 Å². The molecular formula is C15H18N2O2S. The Morgan fingerprint density at radius 2 is 2.10 bits per heavy atom. The summed E-state index contributed by atoms with van der Waals surface area (Å²) in [6, 6.07) is 10.3. The second-order valence-electron chi connectivity index (χ2n) is 4.71. The molecule has 0 spiro atoms. The van der Waals surface area contributed by atoms with Gasteiger partial charge in [0, 0.05) is 10.4 Å². The first kappa shape index (κ1) is 13.4. The van der Waals surface area contributed by atoms with Gasteiger partial charge in [0.15, 0.2) is 11.5 Å². The zero-order valence-corrected chi connectivity index (χ0v) is 12.0. The van der Waals surface area contributed by atoms with Gasteiger partial charge in [0.25, 0.3) is 0 Å². The molecule has 0 aliphatic carbocycles. The van der Waals surface area contributed by atoms with Gasteiger partial charge in [-0.1, -0.05) is 18.2 Å². The van der Waals surface area contributed by atoms with Gasteiger partial charge in [-0.3, -0.25) is 11.3 Å². The van der Waals surface area contributed by atoms with Crippen molar-refractivity contribution >= 4 is 11.3 Å². The summed E-state index contributed by atoms with van der Waals surface area (Å²) in [5.41, 5.74) is 3.97. The van der Waals surface area contributed by atoms with Crippen molar-refractivity contribution in [2.45, 2.75) is 18.9 Å². The van der Waals surface area contributed by atoms with Crippen molar-refractivity contribution < 1.29 is 9.47 Å². The van der Waals surface area contributed by atoms with E-state index in [0.29, 0.717) is 13.2 Å². The number of hydrazine groups is 1. The summed E-state index contributed by atoms with van der Waals surface area (Å²) < 4.78 is 11.4. The summed E-state index contributed by atoms with van der Waals surface area (Å²) in [6.45, 7) is 1.19. The molecule has 1 aromatic heterocycles. The highest BCUT2D eigenvalue weighted by atomic mass is 32.1. The molecule has 20 heavy (non-hydrogen) atoms. The van der Waals surface area contributed by atoms with E-state index < -0.39 is 0 Å². The molecule has 106 valence electrons. The molecule has 1 atom stereocenters. The van der Waals surface area contributed by atoms with Gasteiger partial charge in [0.1, 0.15) is 13.2 Å². The molecule has 0 saturated carbocycles. The zero-order chi connectivity index (χ0) is 13.8. The van der Waals surface area contributed by atoms with Crippen LogP contribution in [0, 0.1) is 0 Å². The van der Waals surface area contributed by atoms with Crippen molar-refractivity contribution in [3.8, 4) is 11.5 Å². The van der Waals surface area contributed by atoms with Gasteiger partial charge in [-0.2, -0.15) is 0 Å². The molecule has 1 unspecified atom stereocenters. The second-order valence-corrected chi connectivity index (χ2v) is 5.74. The average Bonchev–Trinajstić information content (AvgIpc) is 3.01. The molecule has 3 N–H and O–H groups in total. The zero-order valence-electron chi connectivity index (χ0n) is 11.2. The lowest BCUT2D eigenvalue weighted by Crippen LogP contribution is -2.29. The molecule has 1 aliphatic heterocycles. The number of aryl methyl sites for hydroxylation is 1. The quantitative estimate of drug-likeness (QED) is 0.656. The number of nitrogens with two attached hydrogens (primary N) is 1. The number of fused-ring (bicyclic) bond motifs is 1. The maximum absolute atomic E-state index is 5.76. The molecule has 0 radical (unpaired) electrons. The van der Waals surface area contributed by atoms with Crippen molar-refractivity contribution in [1.29, 1.82) is 0 Å². The number of ether oxygens (including phenoxy) is 2. The molecule has 2 heterocycles. The van der Waals surface area contributed by atoms with Crippen LogP contribution >= 0.6 is 11.3 Å². The highest BCUT2D eigenvalue weighted by Gasteiger charge is 2.21. The predicted octanol–water partition coefficient (Wildman–Crippen LogP) is 2.66. The fourth-order valence-electron chi connectivity index (χ4n) is 2.44. The Hall–Kier alpha value is -1.56. The SMILES string of the molecule is NNC(CCc1cccs1)c1cccc2c1OCCO2. The number of rotatable bonds is 5. The van der Waals surface area contributed by atoms with Crippen LogP contribution in [-0.4, -0.2) is 13.2 Å². The Morgan fingerprint density at radius 3 is 2.90 bits per heavy atom. The summed E-state index contributed by atoms with van der Waals surface area (Å²) in [5, 5.41) is 2.10. The van der Waals surface area contributed by atoms with Gasteiger partial charge in [0.2, 0.25) is 0 Å². The van der Waals surface area contributed by atoms with Gasteiger partial charge in [0.05, 0.1) is 6.04 Å². The number of nitrogens with one attached hydrogen (secondary N) is 1.